The average molecular weight is 362 g/mol. The highest BCUT2D eigenvalue weighted by Crippen LogP contribution is 2.23. The number of nitrogens with two attached hydrogens (primary N) is 2. The van der Waals surface area contributed by atoms with Crippen molar-refractivity contribution in [2.75, 3.05) is 24.7 Å². The number of hydrogen-bond donors (Lipinski definition) is 2. The first kappa shape index (κ1) is 18.3. The maximum Gasteiger partial charge on any atom is 0.193 e. The number of hydrogen-bond acceptors (Lipinski definition) is 5. The third-order valence-electron chi connectivity index (χ3n) is 4.15. The van der Waals surface area contributed by atoms with Gasteiger partial charge in [0.15, 0.2) is 5.78 Å². The maximum atomic E-state index is 12.6. The molecule has 0 heterocycles. The molecule has 0 unspecified atom stereocenters. The Morgan fingerprint density at radius 2 is 1.59 bits per heavy atom. The number of ketones is 1. The van der Waals surface area contributed by atoms with Crippen LogP contribution in [-0.4, -0.2) is 19.0 Å². The summed E-state index contributed by atoms with van der Waals surface area (Å²) in [5.74, 6) is 1.25. The van der Waals surface area contributed by atoms with Gasteiger partial charge >= 0.3 is 0 Å². The summed E-state index contributed by atoms with van der Waals surface area (Å²) in [6.45, 7) is 2.63. The lowest BCUT2D eigenvalue weighted by molar-refractivity contribution is 0.103. The van der Waals surface area contributed by atoms with E-state index in [1.807, 2.05) is 31.2 Å². The monoisotopic (exact) mass is 362 g/mol. The zero-order valence-electron chi connectivity index (χ0n) is 15.1. The number of nitrogen functional groups attached to an aromatic ring is 2. The molecule has 0 aliphatic carbocycles. The Hall–Kier alpha value is -3.47. The zero-order chi connectivity index (χ0) is 19.2. The number of anilines is 2. The molecule has 0 fully saturated rings. The van der Waals surface area contributed by atoms with E-state index in [0.29, 0.717) is 47.2 Å². The molecule has 3 rings (SSSR count). The van der Waals surface area contributed by atoms with Gasteiger partial charge in [-0.15, -0.1) is 0 Å². The summed E-state index contributed by atoms with van der Waals surface area (Å²) < 4.78 is 11.2. The van der Waals surface area contributed by atoms with E-state index in [4.69, 9.17) is 20.9 Å². The average Bonchev–Trinajstić information content (AvgIpc) is 2.67. The molecular weight excluding hydrogens is 340 g/mol. The number of aryl methyl sites for hydroxylation is 1. The minimum atomic E-state index is 0.00168. The largest absolute Gasteiger partial charge is 0.490 e. The second-order valence-electron chi connectivity index (χ2n) is 6.16. The van der Waals surface area contributed by atoms with Gasteiger partial charge in [-0.05, 0) is 55.0 Å². The van der Waals surface area contributed by atoms with Gasteiger partial charge in [0.05, 0.1) is 5.69 Å². The standard InChI is InChI=1S/C22H22N2O3/c1-15-4-2-3-5-19(15)22(25)16-6-9-18(10-7-16)26-12-13-27-21-11-8-17(23)14-20(21)24/h2-11,14H,12-13,23-24H2,1H3. The molecule has 3 aromatic carbocycles. The van der Waals surface area contributed by atoms with Gasteiger partial charge < -0.3 is 20.9 Å². The van der Waals surface area contributed by atoms with Crippen LogP contribution in [0.25, 0.3) is 0 Å². The fourth-order valence-electron chi connectivity index (χ4n) is 2.70. The zero-order valence-corrected chi connectivity index (χ0v) is 15.1. The van der Waals surface area contributed by atoms with Crippen molar-refractivity contribution >= 4 is 17.2 Å². The minimum absolute atomic E-state index is 0.00168. The van der Waals surface area contributed by atoms with Gasteiger partial charge in [-0.3, -0.25) is 4.79 Å². The van der Waals surface area contributed by atoms with Crippen LogP contribution >= 0.6 is 0 Å². The maximum absolute atomic E-state index is 12.6. The summed E-state index contributed by atoms with van der Waals surface area (Å²) in [7, 11) is 0. The van der Waals surface area contributed by atoms with Gasteiger partial charge in [0.2, 0.25) is 0 Å². The van der Waals surface area contributed by atoms with Crippen molar-refractivity contribution in [2.45, 2.75) is 6.92 Å². The number of benzene rings is 3. The van der Waals surface area contributed by atoms with Crippen LogP contribution < -0.4 is 20.9 Å². The fraction of sp³-hybridized carbons (Fsp3) is 0.136. The van der Waals surface area contributed by atoms with E-state index in [1.165, 1.54) is 0 Å². The molecule has 0 amide bonds. The lowest BCUT2D eigenvalue weighted by Gasteiger charge is -2.11. The molecule has 5 nitrogen and oxygen atoms in total. The van der Waals surface area contributed by atoms with Crippen LogP contribution in [0.15, 0.2) is 66.7 Å². The Balaban J connectivity index is 1.53. The van der Waals surface area contributed by atoms with Crippen molar-refractivity contribution in [3.05, 3.63) is 83.4 Å². The SMILES string of the molecule is Cc1ccccc1C(=O)c1ccc(OCCOc2ccc(N)cc2N)cc1. The van der Waals surface area contributed by atoms with Gasteiger partial charge in [-0.25, -0.2) is 0 Å². The lowest BCUT2D eigenvalue weighted by Crippen LogP contribution is -2.10. The molecule has 3 aromatic rings. The van der Waals surface area contributed by atoms with Crippen LogP contribution in [0.2, 0.25) is 0 Å². The van der Waals surface area contributed by atoms with Crippen molar-refractivity contribution in [3.8, 4) is 11.5 Å². The lowest BCUT2D eigenvalue weighted by atomic mass is 9.99. The number of ether oxygens (including phenoxy) is 2. The Kier molecular flexibility index (Phi) is 5.61. The Morgan fingerprint density at radius 3 is 2.30 bits per heavy atom. The molecule has 0 atom stereocenters. The Labute approximate surface area is 158 Å². The summed E-state index contributed by atoms with van der Waals surface area (Å²) in [4.78, 5) is 12.6. The fourth-order valence-corrected chi connectivity index (χ4v) is 2.70. The first-order chi connectivity index (χ1) is 13.0. The van der Waals surface area contributed by atoms with E-state index in [-0.39, 0.29) is 5.78 Å². The van der Waals surface area contributed by atoms with Gasteiger partial charge in [0.1, 0.15) is 24.7 Å². The van der Waals surface area contributed by atoms with Gasteiger partial charge in [0.25, 0.3) is 0 Å². The van der Waals surface area contributed by atoms with E-state index < -0.39 is 0 Å². The summed E-state index contributed by atoms with van der Waals surface area (Å²) in [5.41, 5.74) is 14.9. The smallest absolute Gasteiger partial charge is 0.193 e. The first-order valence-corrected chi connectivity index (χ1v) is 8.65. The van der Waals surface area contributed by atoms with Crippen LogP contribution in [-0.2, 0) is 0 Å². The summed E-state index contributed by atoms with van der Waals surface area (Å²) >= 11 is 0. The van der Waals surface area contributed by atoms with E-state index in [2.05, 4.69) is 0 Å². The molecule has 27 heavy (non-hydrogen) atoms. The first-order valence-electron chi connectivity index (χ1n) is 8.65. The van der Waals surface area contributed by atoms with Crippen LogP contribution in [0.5, 0.6) is 11.5 Å². The van der Waals surface area contributed by atoms with Gasteiger partial charge in [-0.2, -0.15) is 0 Å². The van der Waals surface area contributed by atoms with Crippen molar-refractivity contribution < 1.29 is 14.3 Å². The minimum Gasteiger partial charge on any atom is -0.490 e. The van der Waals surface area contributed by atoms with E-state index in [1.54, 1.807) is 42.5 Å². The van der Waals surface area contributed by atoms with Crippen LogP contribution in [0.3, 0.4) is 0 Å². The molecule has 138 valence electrons. The van der Waals surface area contributed by atoms with Crippen LogP contribution in [0, 0.1) is 6.92 Å². The van der Waals surface area contributed by atoms with Crippen molar-refractivity contribution in [2.24, 2.45) is 0 Å². The topological polar surface area (TPSA) is 87.6 Å². The summed E-state index contributed by atoms with van der Waals surface area (Å²) in [6.07, 6.45) is 0. The molecule has 4 N–H and O–H groups in total. The number of rotatable bonds is 7. The summed E-state index contributed by atoms with van der Waals surface area (Å²) in [6, 6.07) is 19.8. The van der Waals surface area contributed by atoms with Crippen molar-refractivity contribution in [3.63, 3.8) is 0 Å². The Bertz CT molecular complexity index is 937. The Morgan fingerprint density at radius 1 is 0.889 bits per heavy atom. The molecular formula is C22H22N2O3. The molecule has 0 radical (unpaired) electrons. The molecule has 0 aliphatic heterocycles. The normalized spacial score (nSPS) is 10.4. The highest BCUT2D eigenvalue weighted by molar-refractivity contribution is 6.09. The second kappa shape index (κ2) is 8.27. The second-order valence-corrected chi connectivity index (χ2v) is 6.16. The summed E-state index contributed by atoms with van der Waals surface area (Å²) in [5, 5.41) is 0. The third kappa shape index (κ3) is 4.58. The predicted octanol–water partition coefficient (Wildman–Crippen LogP) is 3.85. The van der Waals surface area contributed by atoms with Crippen LogP contribution in [0.4, 0.5) is 11.4 Å². The third-order valence-corrected chi connectivity index (χ3v) is 4.15. The van der Waals surface area contributed by atoms with Crippen molar-refractivity contribution in [1.82, 2.24) is 0 Å². The predicted molar refractivity (Wildman–Crippen MR) is 107 cm³/mol. The molecule has 0 aromatic heterocycles. The quantitative estimate of drug-likeness (QED) is 0.379. The van der Waals surface area contributed by atoms with Gasteiger partial charge in [0, 0.05) is 16.8 Å². The van der Waals surface area contributed by atoms with E-state index >= 15 is 0 Å². The number of carbonyl (C=O) groups is 1. The highest BCUT2D eigenvalue weighted by atomic mass is 16.5. The molecule has 5 heteroatoms. The van der Waals surface area contributed by atoms with Gasteiger partial charge in [-0.1, -0.05) is 24.3 Å². The van der Waals surface area contributed by atoms with E-state index in [9.17, 15) is 4.79 Å². The molecule has 0 saturated carbocycles. The molecule has 0 bridgehead atoms. The van der Waals surface area contributed by atoms with Crippen molar-refractivity contribution in [1.29, 1.82) is 0 Å². The molecule has 0 spiro atoms. The highest BCUT2D eigenvalue weighted by Gasteiger charge is 2.11. The molecule has 0 aliphatic rings. The van der Waals surface area contributed by atoms with Crippen LogP contribution in [0.1, 0.15) is 21.5 Å². The van der Waals surface area contributed by atoms with E-state index in [0.717, 1.165) is 5.56 Å². The molecule has 0 saturated heterocycles. The number of carbonyl (C=O) groups excluding carboxylic acids is 1.